The molecule has 2 aromatic carbocycles. The minimum Gasteiger partial charge on any atom is -0.490 e. The van der Waals surface area contributed by atoms with E-state index in [0.29, 0.717) is 5.75 Å². The highest BCUT2D eigenvalue weighted by molar-refractivity contribution is 6.15. The number of benzene rings is 2. The standard InChI is InChI=1S/C20H16O6/c1-12(2)13-3-6-15(7-4-13)24-9-10-25-18(21)14-5-8-16-17(11-14)20(23)26-19(16)22/h3-8,11H,1,9-10H2,2H3. The van der Waals surface area contributed by atoms with Gasteiger partial charge in [-0.05, 0) is 42.8 Å². The molecule has 1 aliphatic rings. The van der Waals surface area contributed by atoms with Crippen molar-refractivity contribution in [2.24, 2.45) is 0 Å². The van der Waals surface area contributed by atoms with Gasteiger partial charge in [0, 0.05) is 0 Å². The summed E-state index contributed by atoms with van der Waals surface area (Å²) < 4.78 is 15.1. The van der Waals surface area contributed by atoms with Crippen molar-refractivity contribution in [1.82, 2.24) is 0 Å². The van der Waals surface area contributed by atoms with Crippen molar-refractivity contribution < 1.29 is 28.6 Å². The lowest BCUT2D eigenvalue weighted by Gasteiger charge is -2.08. The molecule has 0 saturated carbocycles. The molecule has 0 aromatic heterocycles. The number of fused-ring (bicyclic) bond motifs is 1. The van der Waals surface area contributed by atoms with Crippen LogP contribution in [0.25, 0.3) is 5.57 Å². The fourth-order valence-electron chi connectivity index (χ4n) is 2.43. The van der Waals surface area contributed by atoms with Gasteiger partial charge in [-0.25, -0.2) is 14.4 Å². The molecule has 0 spiro atoms. The largest absolute Gasteiger partial charge is 0.490 e. The highest BCUT2D eigenvalue weighted by Crippen LogP contribution is 2.21. The monoisotopic (exact) mass is 352 g/mol. The molecule has 3 rings (SSSR count). The van der Waals surface area contributed by atoms with Crippen molar-refractivity contribution in [1.29, 1.82) is 0 Å². The van der Waals surface area contributed by atoms with Crippen LogP contribution >= 0.6 is 0 Å². The maximum absolute atomic E-state index is 12.0. The SMILES string of the molecule is C=C(C)c1ccc(OCCOC(=O)c2ccc3c(c2)C(=O)OC3=O)cc1. The van der Waals surface area contributed by atoms with E-state index in [4.69, 9.17) is 9.47 Å². The van der Waals surface area contributed by atoms with Gasteiger partial charge in [0.25, 0.3) is 0 Å². The van der Waals surface area contributed by atoms with E-state index in [-0.39, 0.29) is 29.9 Å². The molecule has 0 unspecified atom stereocenters. The van der Waals surface area contributed by atoms with Crippen LogP contribution in [0.3, 0.4) is 0 Å². The highest BCUT2D eigenvalue weighted by Gasteiger charge is 2.30. The van der Waals surface area contributed by atoms with Crippen LogP contribution in [-0.4, -0.2) is 31.1 Å². The lowest BCUT2D eigenvalue weighted by atomic mass is 10.1. The van der Waals surface area contributed by atoms with Crippen molar-refractivity contribution in [3.63, 3.8) is 0 Å². The zero-order valence-corrected chi connectivity index (χ0v) is 14.1. The third kappa shape index (κ3) is 3.64. The fourth-order valence-corrected chi connectivity index (χ4v) is 2.43. The first-order chi connectivity index (χ1) is 12.5. The lowest BCUT2D eigenvalue weighted by molar-refractivity contribution is 0.0438. The molecule has 0 radical (unpaired) electrons. The minimum atomic E-state index is -0.763. The van der Waals surface area contributed by atoms with Crippen LogP contribution in [0, 0.1) is 0 Å². The predicted octanol–water partition coefficient (Wildman–Crippen LogP) is 3.27. The average Bonchev–Trinajstić information content (AvgIpc) is 2.92. The molecule has 0 aliphatic carbocycles. The van der Waals surface area contributed by atoms with E-state index in [9.17, 15) is 14.4 Å². The number of carbonyl (C=O) groups excluding carboxylic acids is 3. The number of rotatable bonds is 6. The first kappa shape index (κ1) is 17.4. The van der Waals surface area contributed by atoms with Gasteiger partial charge in [-0.15, -0.1) is 0 Å². The van der Waals surface area contributed by atoms with E-state index in [0.717, 1.165) is 11.1 Å². The molecular formula is C20H16O6. The number of allylic oxidation sites excluding steroid dienone is 1. The molecule has 1 aliphatic heterocycles. The second-order valence-electron chi connectivity index (χ2n) is 5.73. The van der Waals surface area contributed by atoms with Crippen molar-refractivity contribution in [2.45, 2.75) is 6.92 Å². The molecule has 0 N–H and O–H groups in total. The van der Waals surface area contributed by atoms with Crippen molar-refractivity contribution >= 4 is 23.5 Å². The van der Waals surface area contributed by atoms with Gasteiger partial charge < -0.3 is 14.2 Å². The summed E-state index contributed by atoms with van der Waals surface area (Å²) in [4.78, 5) is 34.9. The Morgan fingerprint density at radius 3 is 2.31 bits per heavy atom. The van der Waals surface area contributed by atoms with Crippen LogP contribution in [-0.2, 0) is 9.47 Å². The molecule has 26 heavy (non-hydrogen) atoms. The van der Waals surface area contributed by atoms with Crippen LogP contribution in [0.15, 0.2) is 49.0 Å². The molecule has 6 nitrogen and oxygen atoms in total. The summed E-state index contributed by atoms with van der Waals surface area (Å²) in [7, 11) is 0. The third-order valence-corrected chi connectivity index (χ3v) is 3.81. The van der Waals surface area contributed by atoms with Crippen molar-refractivity contribution in [3.8, 4) is 5.75 Å². The van der Waals surface area contributed by atoms with Gasteiger partial charge in [0.15, 0.2) is 0 Å². The first-order valence-electron chi connectivity index (χ1n) is 7.92. The van der Waals surface area contributed by atoms with E-state index in [2.05, 4.69) is 11.3 Å². The molecule has 0 fully saturated rings. The van der Waals surface area contributed by atoms with Crippen LogP contribution in [0.1, 0.15) is 43.6 Å². The van der Waals surface area contributed by atoms with Gasteiger partial charge in [0.1, 0.15) is 19.0 Å². The fraction of sp³-hybridized carbons (Fsp3) is 0.150. The number of hydrogen-bond donors (Lipinski definition) is 0. The third-order valence-electron chi connectivity index (χ3n) is 3.81. The molecule has 6 heteroatoms. The van der Waals surface area contributed by atoms with Gasteiger partial charge in [-0.3, -0.25) is 0 Å². The molecule has 0 amide bonds. The highest BCUT2D eigenvalue weighted by atomic mass is 16.6. The van der Waals surface area contributed by atoms with Gasteiger partial charge in [-0.1, -0.05) is 24.3 Å². The average molecular weight is 352 g/mol. The molecule has 2 aromatic rings. The van der Waals surface area contributed by atoms with Crippen LogP contribution in [0.2, 0.25) is 0 Å². The molecule has 0 atom stereocenters. The quantitative estimate of drug-likeness (QED) is 0.451. The Kier molecular flexibility index (Phi) is 4.84. The van der Waals surface area contributed by atoms with Crippen molar-refractivity contribution in [3.05, 3.63) is 71.3 Å². The second kappa shape index (κ2) is 7.23. The number of carbonyl (C=O) groups is 3. The summed E-state index contributed by atoms with van der Waals surface area (Å²) in [5, 5.41) is 0. The Bertz CT molecular complexity index is 895. The van der Waals surface area contributed by atoms with Crippen LogP contribution in [0.4, 0.5) is 0 Å². The minimum absolute atomic E-state index is 0.0432. The lowest BCUT2D eigenvalue weighted by Crippen LogP contribution is -2.13. The van der Waals surface area contributed by atoms with Gasteiger partial charge >= 0.3 is 17.9 Å². The molecule has 0 saturated heterocycles. The molecule has 0 bridgehead atoms. The number of hydrogen-bond acceptors (Lipinski definition) is 6. The normalized spacial score (nSPS) is 12.3. The molecular weight excluding hydrogens is 336 g/mol. The zero-order valence-electron chi connectivity index (χ0n) is 14.1. The summed E-state index contributed by atoms with van der Waals surface area (Å²) in [6, 6.07) is 11.5. The predicted molar refractivity (Wildman–Crippen MR) is 93.1 cm³/mol. The number of esters is 3. The van der Waals surface area contributed by atoms with E-state index in [1.165, 1.54) is 18.2 Å². The number of ether oxygens (including phenoxy) is 3. The Balaban J connectivity index is 1.52. The zero-order chi connectivity index (χ0) is 18.7. The smallest absolute Gasteiger partial charge is 0.346 e. The maximum atomic E-state index is 12.0. The first-order valence-corrected chi connectivity index (χ1v) is 7.92. The summed E-state index contributed by atoms with van der Waals surface area (Å²) in [6.45, 7) is 6.01. The summed E-state index contributed by atoms with van der Waals surface area (Å²) in [6.07, 6.45) is 0. The molecule has 132 valence electrons. The van der Waals surface area contributed by atoms with Crippen molar-refractivity contribution in [2.75, 3.05) is 13.2 Å². The second-order valence-corrected chi connectivity index (χ2v) is 5.73. The number of cyclic esters (lactones) is 2. The Morgan fingerprint density at radius 2 is 1.62 bits per heavy atom. The van der Waals surface area contributed by atoms with E-state index in [1.54, 1.807) is 0 Å². The summed E-state index contributed by atoms with van der Waals surface area (Å²) >= 11 is 0. The van der Waals surface area contributed by atoms with E-state index >= 15 is 0 Å². The Hall–Kier alpha value is -3.41. The maximum Gasteiger partial charge on any atom is 0.346 e. The Labute approximate surface area is 150 Å². The topological polar surface area (TPSA) is 78.9 Å². The van der Waals surface area contributed by atoms with Gasteiger partial charge in [0.2, 0.25) is 0 Å². The summed E-state index contributed by atoms with van der Waals surface area (Å²) in [5.74, 6) is -1.43. The van der Waals surface area contributed by atoms with Gasteiger partial charge in [-0.2, -0.15) is 0 Å². The Morgan fingerprint density at radius 1 is 0.962 bits per heavy atom. The van der Waals surface area contributed by atoms with Gasteiger partial charge in [0.05, 0.1) is 16.7 Å². The molecule has 1 heterocycles. The van der Waals surface area contributed by atoms with Crippen LogP contribution in [0.5, 0.6) is 5.75 Å². The van der Waals surface area contributed by atoms with E-state index < -0.39 is 17.9 Å². The van der Waals surface area contributed by atoms with Crippen LogP contribution < -0.4 is 4.74 Å². The van der Waals surface area contributed by atoms with E-state index in [1.807, 2.05) is 31.2 Å². The summed E-state index contributed by atoms with van der Waals surface area (Å²) in [5.41, 5.74) is 2.37.